The van der Waals surface area contributed by atoms with Gasteiger partial charge in [0.05, 0.1) is 5.56 Å². The third-order valence-electron chi connectivity index (χ3n) is 2.03. The lowest BCUT2D eigenvalue weighted by molar-refractivity contribution is 0.626. The fourth-order valence-electron chi connectivity index (χ4n) is 1.29. The molecule has 2 aromatic carbocycles. The van der Waals surface area contributed by atoms with Crippen LogP contribution in [0.4, 0.5) is 4.39 Å². The Hall–Kier alpha value is -1.79. The van der Waals surface area contributed by atoms with Crippen LogP contribution in [0, 0.1) is 17.1 Å². The number of nitrogens with zero attached hydrogens (tertiary/aromatic N) is 1. The number of nitriles is 1. The van der Waals surface area contributed by atoms with Gasteiger partial charge in [0.25, 0.3) is 0 Å². The molecular weight excluding hydrogens is 221 g/mol. The molecule has 0 aliphatic rings. The van der Waals surface area contributed by atoms with E-state index in [0.717, 1.165) is 9.79 Å². The molecule has 0 spiro atoms. The summed E-state index contributed by atoms with van der Waals surface area (Å²) in [5.41, 5.74) is 0.369. The topological polar surface area (TPSA) is 23.8 Å². The molecule has 0 aliphatic heterocycles. The Bertz CT molecular complexity index is 531. The lowest BCUT2D eigenvalue weighted by atomic mass is 10.2. The molecule has 3 heteroatoms. The zero-order chi connectivity index (χ0) is 11.4. The molecule has 2 aromatic rings. The molecule has 0 unspecified atom stereocenters. The van der Waals surface area contributed by atoms with Crippen molar-refractivity contribution in [2.24, 2.45) is 0 Å². The van der Waals surface area contributed by atoms with E-state index in [9.17, 15) is 4.39 Å². The van der Waals surface area contributed by atoms with Gasteiger partial charge in [0.1, 0.15) is 11.9 Å². The summed E-state index contributed by atoms with van der Waals surface area (Å²) in [5.74, 6) is -0.381. The molecule has 0 radical (unpaired) electrons. The van der Waals surface area contributed by atoms with E-state index in [1.807, 2.05) is 36.4 Å². The standard InChI is InChI=1S/C13H8FNS/c14-11-6-7-13(10(8-11)9-15)16-12-4-2-1-3-5-12/h1-8H. The Morgan fingerprint density at radius 1 is 1.06 bits per heavy atom. The fourth-order valence-corrected chi connectivity index (χ4v) is 2.19. The van der Waals surface area contributed by atoms with E-state index in [2.05, 4.69) is 0 Å². The van der Waals surface area contributed by atoms with E-state index < -0.39 is 0 Å². The summed E-state index contributed by atoms with van der Waals surface area (Å²) in [5, 5.41) is 8.89. The predicted octanol–water partition coefficient (Wildman–Crippen LogP) is 3.85. The summed E-state index contributed by atoms with van der Waals surface area (Å²) in [7, 11) is 0. The first-order valence-corrected chi connectivity index (χ1v) is 5.54. The van der Waals surface area contributed by atoms with Crippen molar-refractivity contribution in [1.29, 1.82) is 5.26 Å². The van der Waals surface area contributed by atoms with Crippen molar-refractivity contribution in [2.75, 3.05) is 0 Å². The van der Waals surface area contributed by atoms with Gasteiger partial charge in [0, 0.05) is 9.79 Å². The monoisotopic (exact) mass is 229 g/mol. The van der Waals surface area contributed by atoms with E-state index in [-0.39, 0.29) is 5.82 Å². The molecule has 0 saturated carbocycles. The van der Waals surface area contributed by atoms with Crippen LogP contribution in [0.1, 0.15) is 5.56 Å². The first-order valence-electron chi connectivity index (χ1n) is 4.72. The minimum absolute atomic E-state index is 0.369. The number of rotatable bonds is 2. The van der Waals surface area contributed by atoms with Gasteiger partial charge < -0.3 is 0 Å². The van der Waals surface area contributed by atoms with Crippen LogP contribution in [0.25, 0.3) is 0 Å². The minimum Gasteiger partial charge on any atom is -0.207 e. The van der Waals surface area contributed by atoms with Gasteiger partial charge in [-0.3, -0.25) is 0 Å². The van der Waals surface area contributed by atoms with E-state index in [4.69, 9.17) is 5.26 Å². The Kier molecular flexibility index (Phi) is 3.23. The molecule has 0 fully saturated rings. The highest BCUT2D eigenvalue weighted by Gasteiger charge is 2.05. The van der Waals surface area contributed by atoms with Gasteiger partial charge in [-0.25, -0.2) is 4.39 Å². The molecule has 0 aliphatic carbocycles. The van der Waals surface area contributed by atoms with Crippen molar-refractivity contribution in [2.45, 2.75) is 9.79 Å². The predicted molar refractivity (Wildman–Crippen MR) is 61.7 cm³/mol. The normalized spacial score (nSPS) is 9.75. The Balaban J connectivity index is 2.32. The summed E-state index contributed by atoms with van der Waals surface area (Å²) in [6.45, 7) is 0. The van der Waals surface area contributed by atoms with Gasteiger partial charge in [0.15, 0.2) is 0 Å². The Labute approximate surface area is 97.5 Å². The van der Waals surface area contributed by atoms with E-state index in [0.29, 0.717) is 5.56 Å². The van der Waals surface area contributed by atoms with Crippen molar-refractivity contribution in [3.8, 4) is 6.07 Å². The van der Waals surface area contributed by atoms with Crippen molar-refractivity contribution < 1.29 is 4.39 Å². The maximum absolute atomic E-state index is 12.9. The number of benzene rings is 2. The van der Waals surface area contributed by atoms with Gasteiger partial charge in [-0.05, 0) is 30.3 Å². The fraction of sp³-hybridized carbons (Fsp3) is 0. The lowest BCUT2D eigenvalue weighted by Gasteiger charge is -2.03. The van der Waals surface area contributed by atoms with Crippen molar-refractivity contribution in [3.05, 3.63) is 59.9 Å². The van der Waals surface area contributed by atoms with Crippen LogP contribution in [0.2, 0.25) is 0 Å². The summed E-state index contributed by atoms with van der Waals surface area (Å²) in [6.07, 6.45) is 0. The average molecular weight is 229 g/mol. The highest BCUT2D eigenvalue weighted by Crippen LogP contribution is 2.30. The largest absolute Gasteiger partial charge is 0.207 e. The summed E-state index contributed by atoms with van der Waals surface area (Å²) < 4.78 is 12.9. The molecule has 78 valence electrons. The highest BCUT2D eigenvalue weighted by molar-refractivity contribution is 7.99. The molecule has 0 amide bonds. The van der Waals surface area contributed by atoms with Crippen LogP contribution in [0.3, 0.4) is 0 Å². The highest BCUT2D eigenvalue weighted by atomic mass is 32.2. The molecule has 0 atom stereocenters. The van der Waals surface area contributed by atoms with Gasteiger partial charge in [-0.1, -0.05) is 30.0 Å². The SMILES string of the molecule is N#Cc1cc(F)ccc1Sc1ccccc1. The molecular formula is C13H8FNS. The van der Waals surface area contributed by atoms with Gasteiger partial charge >= 0.3 is 0 Å². The molecule has 1 nitrogen and oxygen atoms in total. The molecule has 0 bridgehead atoms. The van der Waals surface area contributed by atoms with Crippen LogP contribution >= 0.6 is 11.8 Å². The van der Waals surface area contributed by atoms with Gasteiger partial charge in [-0.15, -0.1) is 0 Å². The first kappa shape index (κ1) is 10.7. The minimum atomic E-state index is -0.381. The summed E-state index contributed by atoms with van der Waals surface area (Å²) in [6, 6.07) is 15.9. The quantitative estimate of drug-likeness (QED) is 0.781. The summed E-state index contributed by atoms with van der Waals surface area (Å²) in [4.78, 5) is 1.81. The maximum Gasteiger partial charge on any atom is 0.124 e. The zero-order valence-electron chi connectivity index (χ0n) is 8.35. The smallest absolute Gasteiger partial charge is 0.124 e. The third-order valence-corrected chi connectivity index (χ3v) is 3.12. The second-order valence-corrected chi connectivity index (χ2v) is 4.28. The van der Waals surface area contributed by atoms with Gasteiger partial charge in [0.2, 0.25) is 0 Å². The average Bonchev–Trinajstić information content (AvgIpc) is 2.33. The molecule has 0 aromatic heterocycles. The van der Waals surface area contributed by atoms with Crippen LogP contribution in [0.5, 0.6) is 0 Å². The van der Waals surface area contributed by atoms with E-state index >= 15 is 0 Å². The van der Waals surface area contributed by atoms with E-state index in [1.54, 1.807) is 6.07 Å². The van der Waals surface area contributed by atoms with Gasteiger partial charge in [-0.2, -0.15) is 5.26 Å². The van der Waals surface area contributed by atoms with E-state index in [1.165, 1.54) is 23.9 Å². The van der Waals surface area contributed by atoms with Crippen molar-refractivity contribution in [3.63, 3.8) is 0 Å². The molecule has 0 saturated heterocycles. The number of hydrogen-bond acceptors (Lipinski definition) is 2. The second kappa shape index (κ2) is 4.82. The van der Waals surface area contributed by atoms with Crippen LogP contribution in [-0.2, 0) is 0 Å². The number of hydrogen-bond donors (Lipinski definition) is 0. The second-order valence-electron chi connectivity index (χ2n) is 3.17. The number of halogens is 1. The summed E-state index contributed by atoms with van der Waals surface area (Å²) >= 11 is 1.46. The Morgan fingerprint density at radius 2 is 1.81 bits per heavy atom. The van der Waals surface area contributed by atoms with Crippen LogP contribution < -0.4 is 0 Å². The van der Waals surface area contributed by atoms with Crippen molar-refractivity contribution >= 4 is 11.8 Å². The van der Waals surface area contributed by atoms with Crippen molar-refractivity contribution in [1.82, 2.24) is 0 Å². The molecule has 0 N–H and O–H groups in total. The molecule has 2 rings (SSSR count). The zero-order valence-corrected chi connectivity index (χ0v) is 9.17. The first-order chi connectivity index (χ1) is 7.79. The third kappa shape index (κ3) is 2.41. The van der Waals surface area contributed by atoms with Crippen LogP contribution in [-0.4, -0.2) is 0 Å². The maximum atomic E-state index is 12.9. The lowest BCUT2D eigenvalue weighted by Crippen LogP contribution is -1.83. The molecule has 16 heavy (non-hydrogen) atoms. The Morgan fingerprint density at radius 3 is 2.50 bits per heavy atom. The molecule has 0 heterocycles. The van der Waals surface area contributed by atoms with Crippen LogP contribution in [0.15, 0.2) is 58.3 Å².